The lowest BCUT2D eigenvalue weighted by atomic mass is 9.77. The summed E-state index contributed by atoms with van der Waals surface area (Å²) in [5.41, 5.74) is -2.11. The van der Waals surface area contributed by atoms with Crippen LogP contribution in [0, 0.1) is 5.41 Å². The fourth-order valence-electron chi connectivity index (χ4n) is 2.47. The molecule has 2 aliphatic heterocycles. The molecule has 110 valence electrons. The predicted molar refractivity (Wildman–Crippen MR) is 67.4 cm³/mol. The molecule has 1 unspecified atom stereocenters. The van der Waals surface area contributed by atoms with Crippen molar-refractivity contribution < 1.29 is 23.9 Å². The van der Waals surface area contributed by atoms with Crippen molar-refractivity contribution in [2.75, 3.05) is 6.54 Å². The molecular formula is C13H18N2O5. The van der Waals surface area contributed by atoms with Gasteiger partial charge in [0.2, 0.25) is 11.8 Å². The molecule has 2 heterocycles. The van der Waals surface area contributed by atoms with Gasteiger partial charge in [-0.05, 0) is 33.6 Å². The van der Waals surface area contributed by atoms with E-state index in [0.29, 0.717) is 17.9 Å². The van der Waals surface area contributed by atoms with E-state index in [4.69, 9.17) is 4.74 Å². The Labute approximate surface area is 116 Å². The van der Waals surface area contributed by atoms with Gasteiger partial charge in [-0.1, -0.05) is 0 Å². The summed E-state index contributed by atoms with van der Waals surface area (Å²) in [6.45, 7) is 5.30. The first kappa shape index (κ1) is 14.5. The van der Waals surface area contributed by atoms with Crippen molar-refractivity contribution in [2.45, 2.75) is 45.6 Å². The standard InChI is InChI=1S/C13H18N2O5/c1-12(2,3)20-11(19)15-8(16)4-5-13(10(15)18)6-7-14-9(13)17/h4-7H2,1-3H3,(H,14,17). The van der Waals surface area contributed by atoms with Crippen LogP contribution in [0.3, 0.4) is 0 Å². The average Bonchev–Trinajstić information content (AvgIpc) is 2.65. The second-order valence-corrected chi connectivity index (χ2v) is 6.10. The van der Waals surface area contributed by atoms with Gasteiger partial charge in [0, 0.05) is 13.0 Å². The van der Waals surface area contributed by atoms with E-state index in [2.05, 4.69) is 5.32 Å². The first-order valence-corrected chi connectivity index (χ1v) is 6.56. The molecule has 2 aliphatic rings. The Bertz CT molecular complexity index is 493. The molecule has 0 aliphatic carbocycles. The van der Waals surface area contributed by atoms with E-state index >= 15 is 0 Å². The summed E-state index contributed by atoms with van der Waals surface area (Å²) in [5.74, 6) is -1.80. The van der Waals surface area contributed by atoms with Crippen LogP contribution in [0.2, 0.25) is 0 Å². The number of ether oxygens (including phenoxy) is 1. The minimum Gasteiger partial charge on any atom is -0.443 e. The van der Waals surface area contributed by atoms with Gasteiger partial charge in [-0.15, -0.1) is 0 Å². The van der Waals surface area contributed by atoms with E-state index in [-0.39, 0.29) is 12.8 Å². The summed E-state index contributed by atoms with van der Waals surface area (Å²) in [4.78, 5) is 48.7. The molecule has 20 heavy (non-hydrogen) atoms. The maximum atomic E-state index is 12.4. The lowest BCUT2D eigenvalue weighted by Crippen LogP contribution is -2.57. The van der Waals surface area contributed by atoms with Crippen LogP contribution >= 0.6 is 0 Å². The van der Waals surface area contributed by atoms with Crippen LogP contribution in [0.5, 0.6) is 0 Å². The molecule has 1 N–H and O–H groups in total. The Kier molecular flexibility index (Phi) is 3.31. The van der Waals surface area contributed by atoms with Crippen LogP contribution in [0.1, 0.15) is 40.0 Å². The highest BCUT2D eigenvalue weighted by Crippen LogP contribution is 2.38. The van der Waals surface area contributed by atoms with E-state index in [9.17, 15) is 19.2 Å². The zero-order valence-electron chi connectivity index (χ0n) is 11.8. The van der Waals surface area contributed by atoms with Gasteiger partial charge in [-0.25, -0.2) is 4.79 Å². The third-order valence-electron chi connectivity index (χ3n) is 3.48. The Morgan fingerprint density at radius 2 is 1.90 bits per heavy atom. The van der Waals surface area contributed by atoms with Crippen molar-refractivity contribution in [3.05, 3.63) is 0 Å². The first-order valence-electron chi connectivity index (χ1n) is 6.56. The third-order valence-corrected chi connectivity index (χ3v) is 3.48. The van der Waals surface area contributed by atoms with Crippen LogP contribution in [0.15, 0.2) is 0 Å². The van der Waals surface area contributed by atoms with Crippen LogP contribution < -0.4 is 5.32 Å². The summed E-state index contributed by atoms with van der Waals surface area (Å²) < 4.78 is 5.07. The molecule has 0 aromatic heterocycles. The number of likely N-dealkylation sites (tertiary alicyclic amines) is 1. The normalized spacial score (nSPS) is 26.9. The lowest BCUT2D eigenvalue weighted by molar-refractivity contribution is -0.158. The molecule has 0 aromatic rings. The summed E-state index contributed by atoms with van der Waals surface area (Å²) in [6.07, 6.45) is -0.572. The van der Waals surface area contributed by atoms with Crippen LogP contribution in [-0.2, 0) is 19.1 Å². The molecule has 7 nitrogen and oxygen atoms in total. The number of hydrogen-bond donors (Lipinski definition) is 1. The van der Waals surface area contributed by atoms with Gasteiger partial charge < -0.3 is 10.1 Å². The number of carbonyl (C=O) groups excluding carboxylic acids is 4. The molecule has 2 saturated heterocycles. The number of rotatable bonds is 0. The highest BCUT2D eigenvalue weighted by atomic mass is 16.6. The fraction of sp³-hybridized carbons (Fsp3) is 0.692. The highest BCUT2D eigenvalue weighted by Gasteiger charge is 2.56. The monoisotopic (exact) mass is 282 g/mol. The quantitative estimate of drug-likeness (QED) is 0.518. The number of nitrogens with one attached hydrogen (secondary N) is 1. The first-order chi connectivity index (χ1) is 9.17. The maximum Gasteiger partial charge on any atom is 0.424 e. The largest absolute Gasteiger partial charge is 0.443 e. The van der Waals surface area contributed by atoms with E-state index in [1.807, 2.05) is 0 Å². The fourth-order valence-corrected chi connectivity index (χ4v) is 2.47. The molecule has 0 saturated carbocycles. The molecule has 1 spiro atoms. The molecule has 0 radical (unpaired) electrons. The van der Waals surface area contributed by atoms with Gasteiger partial charge in [0.1, 0.15) is 11.0 Å². The van der Waals surface area contributed by atoms with Crippen molar-refractivity contribution in [1.29, 1.82) is 0 Å². The van der Waals surface area contributed by atoms with Crippen LogP contribution in [-0.4, -0.2) is 40.9 Å². The summed E-state index contributed by atoms with van der Waals surface area (Å²) in [6, 6.07) is 0. The SMILES string of the molecule is CC(C)(C)OC(=O)N1C(=O)CCC2(CCNC2=O)C1=O. The molecule has 4 amide bonds. The van der Waals surface area contributed by atoms with Gasteiger partial charge in [0.05, 0.1) is 0 Å². The zero-order valence-corrected chi connectivity index (χ0v) is 11.8. The van der Waals surface area contributed by atoms with Crippen molar-refractivity contribution in [2.24, 2.45) is 5.41 Å². The Balaban J connectivity index is 2.27. The van der Waals surface area contributed by atoms with Gasteiger partial charge in [0.15, 0.2) is 0 Å². The highest BCUT2D eigenvalue weighted by molar-refractivity contribution is 6.19. The number of carbonyl (C=O) groups is 4. The van der Waals surface area contributed by atoms with Gasteiger partial charge >= 0.3 is 6.09 Å². The summed E-state index contributed by atoms with van der Waals surface area (Å²) in [7, 11) is 0. The molecule has 0 aromatic carbocycles. The van der Waals surface area contributed by atoms with Gasteiger partial charge in [-0.2, -0.15) is 4.90 Å². The molecule has 0 bridgehead atoms. The van der Waals surface area contributed by atoms with Crippen molar-refractivity contribution >= 4 is 23.8 Å². The lowest BCUT2D eigenvalue weighted by Gasteiger charge is -2.35. The predicted octanol–water partition coefficient (Wildman–Crippen LogP) is 0.577. The number of nitrogens with zero attached hydrogens (tertiary/aromatic N) is 1. The third kappa shape index (κ3) is 2.28. The number of piperidine rings is 1. The molecular weight excluding hydrogens is 264 g/mol. The topological polar surface area (TPSA) is 92.8 Å². The Hall–Kier alpha value is -1.92. The molecule has 2 fully saturated rings. The van der Waals surface area contributed by atoms with Gasteiger partial charge in [-0.3, -0.25) is 14.4 Å². The zero-order chi connectivity index (χ0) is 15.1. The molecule has 7 heteroatoms. The van der Waals surface area contributed by atoms with Crippen LogP contribution in [0.4, 0.5) is 4.79 Å². The minimum absolute atomic E-state index is 0.0155. The number of imide groups is 3. The summed E-state index contributed by atoms with van der Waals surface area (Å²) >= 11 is 0. The number of hydrogen-bond acceptors (Lipinski definition) is 5. The van der Waals surface area contributed by atoms with Crippen molar-refractivity contribution in [3.63, 3.8) is 0 Å². The number of amides is 4. The molecule has 2 rings (SSSR count). The van der Waals surface area contributed by atoms with E-state index in [1.165, 1.54) is 0 Å². The molecule has 1 atom stereocenters. The smallest absolute Gasteiger partial charge is 0.424 e. The second-order valence-electron chi connectivity index (χ2n) is 6.10. The van der Waals surface area contributed by atoms with Crippen molar-refractivity contribution in [3.8, 4) is 0 Å². The second kappa shape index (κ2) is 4.57. The minimum atomic E-state index is -1.29. The van der Waals surface area contributed by atoms with Gasteiger partial charge in [0.25, 0.3) is 5.91 Å². The van der Waals surface area contributed by atoms with E-state index < -0.39 is 34.8 Å². The Morgan fingerprint density at radius 3 is 2.40 bits per heavy atom. The maximum absolute atomic E-state index is 12.4. The van der Waals surface area contributed by atoms with E-state index in [0.717, 1.165) is 0 Å². The van der Waals surface area contributed by atoms with E-state index in [1.54, 1.807) is 20.8 Å². The summed E-state index contributed by atoms with van der Waals surface area (Å²) in [5, 5.41) is 2.58. The average molecular weight is 282 g/mol. The van der Waals surface area contributed by atoms with Crippen molar-refractivity contribution in [1.82, 2.24) is 10.2 Å². The Morgan fingerprint density at radius 1 is 1.25 bits per heavy atom. The van der Waals surface area contributed by atoms with Crippen LogP contribution in [0.25, 0.3) is 0 Å².